The zero-order valence-electron chi connectivity index (χ0n) is 8.68. The monoisotopic (exact) mass is 273 g/mol. The molecule has 2 rings (SSSR count). The smallest absolute Gasteiger partial charge is 0.0946 e. The number of imidazole rings is 1. The number of aromatic nitrogens is 2. The lowest BCUT2D eigenvalue weighted by atomic mass is 10.4. The third-order valence-electron chi connectivity index (χ3n) is 2.54. The van der Waals surface area contributed by atoms with E-state index in [1.54, 1.807) is 0 Å². The molecule has 0 aromatic carbocycles. The summed E-state index contributed by atoms with van der Waals surface area (Å²) in [5.41, 5.74) is 0. The predicted octanol–water partition coefficient (Wildman–Crippen LogP) is 0.979. The fourth-order valence-corrected chi connectivity index (χ4v) is 2.30. The van der Waals surface area contributed by atoms with E-state index in [1.165, 1.54) is 0 Å². The summed E-state index contributed by atoms with van der Waals surface area (Å²) in [7, 11) is 0. The van der Waals surface area contributed by atoms with Crippen molar-refractivity contribution in [2.45, 2.75) is 11.4 Å². The topological polar surface area (TPSA) is 30.3 Å². The predicted molar refractivity (Wildman–Crippen MR) is 62.2 cm³/mol. The lowest BCUT2D eigenvalue weighted by Crippen LogP contribution is -2.33. The molecule has 84 valence electrons. The molecule has 15 heavy (non-hydrogen) atoms. The number of hydrogen-bond donors (Lipinski definition) is 0. The second kappa shape index (κ2) is 5.63. The number of halogens is 1. The van der Waals surface area contributed by atoms with Crippen LogP contribution in [0.25, 0.3) is 0 Å². The summed E-state index contributed by atoms with van der Waals surface area (Å²) >= 11 is 3.61. The quantitative estimate of drug-likeness (QED) is 0.770. The maximum atomic E-state index is 5.47. The van der Waals surface area contributed by atoms with E-state index in [9.17, 15) is 0 Å². The summed E-state index contributed by atoms with van der Waals surface area (Å²) in [4.78, 5) is 6.91. The van der Waals surface area contributed by atoms with Crippen LogP contribution in [0.1, 0.15) is 0 Å². The number of ether oxygens (including phenoxy) is 1. The van der Waals surface area contributed by atoms with Gasteiger partial charge in [0, 0.05) is 38.6 Å². The maximum Gasteiger partial charge on any atom is 0.0946 e. The standard InChI is InChI=1S/C10H16BrN3O/c11-10-7-13(5-6-15-8-10)3-4-14-2-1-12-9-14/h1-2,9-10H,3-8H2. The lowest BCUT2D eigenvalue weighted by molar-refractivity contribution is 0.142. The van der Waals surface area contributed by atoms with Gasteiger partial charge in [0.1, 0.15) is 0 Å². The van der Waals surface area contributed by atoms with Crippen LogP contribution in [-0.4, -0.2) is 52.1 Å². The fourth-order valence-electron chi connectivity index (χ4n) is 1.71. The highest BCUT2D eigenvalue weighted by Gasteiger charge is 2.15. The van der Waals surface area contributed by atoms with Crippen LogP contribution in [0.3, 0.4) is 0 Å². The zero-order valence-corrected chi connectivity index (χ0v) is 10.3. The Hall–Kier alpha value is -0.390. The molecule has 1 saturated heterocycles. The number of alkyl halides is 1. The van der Waals surface area contributed by atoms with Crippen molar-refractivity contribution in [1.29, 1.82) is 0 Å². The van der Waals surface area contributed by atoms with Gasteiger partial charge in [-0.2, -0.15) is 0 Å². The molecule has 1 aromatic heterocycles. The molecule has 0 amide bonds. The van der Waals surface area contributed by atoms with Gasteiger partial charge in [-0.15, -0.1) is 0 Å². The Morgan fingerprint density at radius 1 is 1.47 bits per heavy atom. The second-order valence-electron chi connectivity index (χ2n) is 3.77. The van der Waals surface area contributed by atoms with Gasteiger partial charge in [0.25, 0.3) is 0 Å². The van der Waals surface area contributed by atoms with Crippen LogP contribution < -0.4 is 0 Å². The van der Waals surface area contributed by atoms with E-state index in [2.05, 4.69) is 30.4 Å². The van der Waals surface area contributed by atoms with Crippen LogP contribution in [0.2, 0.25) is 0 Å². The molecule has 1 atom stereocenters. The number of hydrogen-bond acceptors (Lipinski definition) is 3. The summed E-state index contributed by atoms with van der Waals surface area (Å²) in [6.07, 6.45) is 5.68. The molecular formula is C10H16BrN3O. The van der Waals surface area contributed by atoms with E-state index in [0.717, 1.165) is 39.4 Å². The first-order chi connectivity index (χ1) is 7.34. The Balaban J connectivity index is 1.78. The summed E-state index contributed by atoms with van der Waals surface area (Å²) in [5, 5.41) is 0. The van der Waals surface area contributed by atoms with Crippen LogP contribution in [0.5, 0.6) is 0 Å². The molecule has 0 radical (unpaired) electrons. The van der Waals surface area contributed by atoms with Gasteiger partial charge >= 0.3 is 0 Å². The molecule has 1 fully saturated rings. The molecular weight excluding hydrogens is 258 g/mol. The molecule has 4 nitrogen and oxygen atoms in total. The van der Waals surface area contributed by atoms with Crippen molar-refractivity contribution in [3.8, 4) is 0 Å². The largest absolute Gasteiger partial charge is 0.379 e. The SMILES string of the molecule is BrC1COCCN(CCn2ccnc2)C1. The highest BCUT2D eigenvalue weighted by atomic mass is 79.9. The van der Waals surface area contributed by atoms with E-state index in [4.69, 9.17) is 4.74 Å². The van der Waals surface area contributed by atoms with Gasteiger partial charge in [-0.05, 0) is 0 Å². The lowest BCUT2D eigenvalue weighted by Gasteiger charge is -2.20. The second-order valence-corrected chi connectivity index (χ2v) is 5.07. The Morgan fingerprint density at radius 2 is 2.40 bits per heavy atom. The van der Waals surface area contributed by atoms with Crippen molar-refractivity contribution in [3.63, 3.8) is 0 Å². The van der Waals surface area contributed by atoms with E-state index in [-0.39, 0.29) is 0 Å². The molecule has 1 aliphatic rings. The first-order valence-corrected chi connectivity index (χ1v) is 6.16. The normalized spacial score (nSPS) is 23.9. The molecule has 0 aliphatic carbocycles. The molecule has 1 unspecified atom stereocenters. The van der Waals surface area contributed by atoms with Crippen molar-refractivity contribution in [2.75, 3.05) is 32.8 Å². The fraction of sp³-hybridized carbons (Fsp3) is 0.700. The van der Waals surface area contributed by atoms with Crippen molar-refractivity contribution in [3.05, 3.63) is 18.7 Å². The summed E-state index contributed by atoms with van der Waals surface area (Å²) in [5.74, 6) is 0. The van der Waals surface area contributed by atoms with Gasteiger partial charge in [0.05, 0.1) is 24.4 Å². The maximum absolute atomic E-state index is 5.47. The van der Waals surface area contributed by atoms with Crippen molar-refractivity contribution >= 4 is 15.9 Å². The average molecular weight is 274 g/mol. The minimum absolute atomic E-state index is 0.461. The summed E-state index contributed by atoms with van der Waals surface area (Å²) in [6.45, 7) is 5.81. The third kappa shape index (κ3) is 3.59. The number of nitrogens with zero attached hydrogens (tertiary/aromatic N) is 3. The van der Waals surface area contributed by atoms with E-state index in [0.29, 0.717) is 4.83 Å². The highest BCUT2D eigenvalue weighted by Crippen LogP contribution is 2.07. The molecule has 0 bridgehead atoms. The van der Waals surface area contributed by atoms with Gasteiger partial charge in [0.2, 0.25) is 0 Å². The van der Waals surface area contributed by atoms with Crippen molar-refractivity contribution < 1.29 is 4.74 Å². The van der Waals surface area contributed by atoms with Gasteiger partial charge in [-0.25, -0.2) is 4.98 Å². The van der Waals surface area contributed by atoms with Crippen LogP contribution >= 0.6 is 15.9 Å². The summed E-state index contributed by atoms with van der Waals surface area (Å²) < 4.78 is 7.57. The van der Waals surface area contributed by atoms with Gasteiger partial charge in [-0.3, -0.25) is 4.90 Å². The minimum Gasteiger partial charge on any atom is -0.379 e. The van der Waals surface area contributed by atoms with Gasteiger partial charge in [0.15, 0.2) is 0 Å². The van der Waals surface area contributed by atoms with Crippen molar-refractivity contribution in [2.24, 2.45) is 0 Å². The molecule has 0 spiro atoms. The van der Waals surface area contributed by atoms with Crippen LogP contribution in [0.4, 0.5) is 0 Å². The van der Waals surface area contributed by atoms with Crippen molar-refractivity contribution in [1.82, 2.24) is 14.5 Å². The zero-order chi connectivity index (χ0) is 10.5. The third-order valence-corrected chi connectivity index (χ3v) is 3.09. The first-order valence-electron chi connectivity index (χ1n) is 5.24. The average Bonchev–Trinajstić information content (AvgIpc) is 2.65. The van der Waals surface area contributed by atoms with Gasteiger partial charge < -0.3 is 9.30 Å². The van der Waals surface area contributed by atoms with Gasteiger partial charge in [-0.1, -0.05) is 15.9 Å². The Labute approximate surface area is 98.4 Å². The Morgan fingerprint density at radius 3 is 3.20 bits per heavy atom. The van der Waals surface area contributed by atoms with E-state index < -0.39 is 0 Å². The van der Waals surface area contributed by atoms with Crippen LogP contribution in [-0.2, 0) is 11.3 Å². The first kappa shape index (κ1) is 11.1. The summed E-state index contributed by atoms with van der Waals surface area (Å²) in [6, 6.07) is 0. The highest BCUT2D eigenvalue weighted by molar-refractivity contribution is 9.09. The Kier molecular flexibility index (Phi) is 4.17. The van der Waals surface area contributed by atoms with Crippen LogP contribution in [0.15, 0.2) is 18.7 Å². The minimum atomic E-state index is 0.461. The molecule has 0 N–H and O–H groups in total. The van der Waals surface area contributed by atoms with E-state index >= 15 is 0 Å². The Bertz CT molecular complexity index is 278. The number of rotatable bonds is 3. The van der Waals surface area contributed by atoms with E-state index in [1.807, 2.05) is 18.7 Å². The van der Waals surface area contributed by atoms with Crippen LogP contribution in [0, 0.1) is 0 Å². The molecule has 5 heteroatoms. The molecule has 2 heterocycles. The molecule has 0 saturated carbocycles. The molecule has 1 aliphatic heterocycles. The molecule has 1 aromatic rings.